The third kappa shape index (κ3) is 1.39. The average Bonchev–Trinajstić information content (AvgIpc) is 2.12. The summed E-state index contributed by atoms with van der Waals surface area (Å²) in [5, 5.41) is 3.50. The van der Waals surface area contributed by atoms with E-state index in [0.717, 1.165) is 17.8 Å². The fraction of sp³-hybridized carbons (Fsp3) is 1.00. The molecule has 4 aliphatic rings. The van der Waals surface area contributed by atoms with E-state index in [4.69, 9.17) is 0 Å². The molecule has 4 bridgehead atoms. The van der Waals surface area contributed by atoms with Gasteiger partial charge in [0.05, 0.1) is 0 Å². The average molecular weight is 197 g/mol. The van der Waals surface area contributed by atoms with Crippen molar-refractivity contribution >= 4 is 0 Å². The van der Waals surface area contributed by atoms with Gasteiger partial charge in [0.2, 0.25) is 0 Å². The number of hydrogen-bond acceptors (Lipinski definition) is 1. The zero-order valence-corrected chi connectivity index (χ0v) is 8.77. The largest absolute Gasteiger partial charge is 0.309 e. The van der Waals surface area contributed by atoms with E-state index in [-0.39, 0.29) is 6.67 Å². The highest BCUT2D eigenvalue weighted by Gasteiger charge is 2.50. The number of nitrogens with one attached hydrogen (secondary N) is 1. The Morgan fingerprint density at radius 1 is 1.00 bits per heavy atom. The van der Waals surface area contributed by atoms with E-state index in [9.17, 15) is 4.39 Å². The van der Waals surface area contributed by atoms with Gasteiger partial charge < -0.3 is 5.32 Å². The first-order valence-electron chi connectivity index (χ1n) is 6.11. The molecule has 1 N–H and O–H groups in total. The third-order valence-corrected chi connectivity index (χ3v) is 4.63. The Hall–Kier alpha value is -0.110. The lowest BCUT2D eigenvalue weighted by molar-refractivity contribution is -0.0200. The Morgan fingerprint density at radius 2 is 1.50 bits per heavy atom. The van der Waals surface area contributed by atoms with Gasteiger partial charge in [0.1, 0.15) is 6.67 Å². The summed E-state index contributed by atoms with van der Waals surface area (Å²) < 4.78 is 12.2. The molecule has 4 fully saturated rings. The number of rotatable bonds is 3. The fourth-order valence-electron chi connectivity index (χ4n) is 4.64. The molecule has 0 spiro atoms. The molecular formula is C12H20FN. The Morgan fingerprint density at radius 3 is 1.93 bits per heavy atom. The molecule has 0 radical (unpaired) electrons. The minimum absolute atomic E-state index is 0.207. The number of hydrogen-bond donors (Lipinski definition) is 1. The van der Waals surface area contributed by atoms with Crippen LogP contribution in [-0.4, -0.2) is 18.8 Å². The van der Waals surface area contributed by atoms with E-state index < -0.39 is 0 Å². The predicted molar refractivity (Wildman–Crippen MR) is 54.9 cm³/mol. The van der Waals surface area contributed by atoms with E-state index >= 15 is 0 Å². The summed E-state index contributed by atoms with van der Waals surface area (Å²) in [6.07, 6.45) is 8.40. The monoisotopic (exact) mass is 197 g/mol. The van der Waals surface area contributed by atoms with Crippen LogP contribution in [0.15, 0.2) is 0 Å². The molecule has 0 atom stereocenters. The highest BCUT2D eigenvalue weighted by atomic mass is 19.1. The smallest absolute Gasteiger partial charge is 0.102 e. The SMILES string of the molecule is FCCNC12CC3CC(CC(C3)C1)C2. The first kappa shape index (κ1) is 9.14. The summed E-state index contributed by atoms with van der Waals surface area (Å²) >= 11 is 0. The third-order valence-electron chi connectivity index (χ3n) is 4.63. The van der Waals surface area contributed by atoms with Crippen molar-refractivity contribution in [1.29, 1.82) is 0 Å². The van der Waals surface area contributed by atoms with Crippen molar-refractivity contribution in [2.24, 2.45) is 17.8 Å². The van der Waals surface area contributed by atoms with Crippen LogP contribution in [0.3, 0.4) is 0 Å². The van der Waals surface area contributed by atoms with Gasteiger partial charge in [0.15, 0.2) is 0 Å². The maximum Gasteiger partial charge on any atom is 0.102 e. The van der Waals surface area contributed by atoms with Crippen LogP contribution in [0.5, 0.6) is 0 Å². The van der Waals surface area contributed by atoms with Crippen molar-refractivity contribution in [3.05, 3.63) is 0 Å². The standard InChI is InChI=1S/C12H20FN/c13-1-2-14-12-6-9-3-10(7-12)5-11(4-9)8-12/h9-11,14H,1-8H2. The van der Waals surface area contributed by atoms with Crippen molar-refractivity contribution < 1.29 is 4.39 Å². The Balaban J connectivity index is 1.74. The summed E-state index contributed by atoms with van der Waals surface area (Å²) in [6.45, 7) is 0.369. The highest BCUT2D eigenvalue weighted by Crippen LogP contribution is 2.55. The van der Waals surface area contributed by atoms with Crippen LogP contribution in [0.25, 0.3) is 0 Å². The Bertz CT molecular complexity index is 191. The molecule has 0 aliphatic heterocycles. The first-order chi connectivity index (χ1) is 6.80. The lowest BCUT2D eigenvalue weighted by Crippen LogP contribution is -2.58. The van der Waals surface area contributed by atoms with Crippen molar-refractivity contribution in [2.75, 3.05) is 13.2 Å². The van der Waals surface area contributed by atoms with Gasteiger partial charge in [0, 0.05) is 12.1 Å². The summed E-state index contributed by atoms with van der Waals surface area (Å²) in [6, 6.07) is 0. The van der Waals surface area contributed by atoms with Crippen LogP contribution in [0, 0.1) is 17.8 Å². The quantitative estimate of drug-likeness (QED) is 0.733. The van der Waals surface area contributed by atoms with E-state index in [1.807, 2.05) is 0 Å². The van der Waals surface area contributed by atoms with Gasteiger partial charge >= 0.3 is 0 Å². The van der Waals surface area contributed by atoms with Crippen molar-refractivity contribution in [3.63, 3.8) is 0 Å². The molecule has 0 saturated heterocycles. The summed E-state index contributed by atoms with van der Waals surface area (Å²) in [7, 11) is 0. The van der Waals surface area contributed by atoms with Crippen molar-refractivity contribution in [3.8, 4) is 0 Å². The summed E-state index contributed by atoms with van der Waals surface area (Å²) in [4.78, 5) is 0. The molecule has 14 heavy (non-hydrogen) atoms. The van der Waals surface area contributed by atoms with E-state index in [0.29, 0.717) is 12.1 Å². The van der Waals surface area contributed by atoms with Gasteiger partial charge in [-0.3, -0.25) is 0 Å². The fourth-order valence-corrected chi connectivity index (χ4v) is 4.64. The molecule has 80 valence electrons. The van der Waals surface area contributed by atoms with E-state index in [1.54, 1.807) is 0 Å². The molecule has 0 unspecified atom stereocenters. The van der Waals surface area contributed by atoms with Gasteiger partial charge in [-0.2, -0.15) is 0 Å². The molecule has 4 aliphatic carbocycles. The number of alkyl halides is 1. The molecule has 4 rings (SSSR count). The van der Waals surface area contributed by atoms with Gasteiger partial charge in [-0.05, 0) is 56.3 Å². The maximum absolute atomic E-state index is 12.2. The zero-order chi connectivity index (χ0) is 9.60. The predicted octanol–water partition coefficient (Wildman–Crippen LogP) is 2.51. The second-order valence-electron chi connectivity index (χ2n) is 5.81. The summed E-state index contributed by atoms with van der Waals surface area (Å²) in [5.74, 6) is 2.90. The van der Waals surface area contributed by atoms with Crippen molar-refractivity contribution in [2.45, 2.75) is 44.1 Å². The summed E-state index contributed by atoms with van der Waals surface area (Å²) in [5.41, 5.74) is 0.362. The molecular weight excluding hydrogens is 177 g/mol. The second kappa shape index (κ2) is 3.19. The van der Waals surface area contributed by atoms with Gasteiger partial charge in [-0.15, -0.1) is 0 Å². The highest BCUT2D eigenvalue weighted by molar-refractivity contribution is 5.06. The van der Waals surface area contributed by atoms with Gasteiger partial charge in [0.25, 0.3) is 0 Å². The van der Waals surface area contributed by atoms with Gasteiger partial charge in [-0.25, -0.2) is 4.39 Å². The molecule has 0 aromatic carbocycles. The molecule has 0 amide bonds. The topological polar surface area (TPSA) is 12.0 Å². The van der Waals surface area contributed by atoms with Crippen LogP contribution >= 0.6 is 0 Å². The molecule has 0 heterocycles. The van der Waals surface area contributed by atoms with Gasteiger partial charge in [-0.1, -0.05) is 0 Å². The molecule has 0 aromatic heterocycles. The van der Waals surface area contributed by atoms with E-state index in [1.165, 1.54) is 38.5 Å². The Kier molecular flexibility index (Phi) is 2.08. The van der Waals surface area contributed by atoms with Crippen LogP contribution in [-0.2, 0) is 0 Å². The first-order valence-corrected chi connectivity index (χ1v) is 6.11. The molecule has 4 saturated carbocycles. The van der Waals surface area contributed by atoms with Crippen LogP contribution in [0.2, 0.25) is 0 Å². The van der Waals surface area contributed by atoms with Crippen LogP contribution in [0.1, 0.15) is 38.5 Å². The minimum Gasteiger partial charge on any atom is -0.309 e. The van der Waals surface area contributed by atoms with Crippen molar-refractivity contribution in [1.82, 2.24) is 5.32 Å². The molecule has 0 aromatic rings. The lowest BCUT2D eigenvalue weighted by Gasteiger charge is -2.57. The Labute approximate surface area is 85.5 Å². The second-order valence-corrected chi connectivity index (χ2v) is 5.81. The minimum atomic E-state index is -0.207. The van der Waals surface area contributed by atoms with Crippen LogP contribution in [0.4, 0.5) is 4.39 Å². The molecule has 1 nitrogen and oxygen atoms in total. The normalized spacial score (nSPS) is 49.9. The van der Waals surface area contributed by atoms with Crippen LogP contribution < -0.4 is 5.32 Å². The zero-order valence-electron chi connectivity index (χ0n) is 8.77. The maximum atomic E-state index is 12.2. The number of halogens is 1. The molecule has 2 heteroatoms. The lowest BCUT2D eigenvalue weighted by atomic mass is 9.53. The van der Waals surface area contributed by atoms with E-state index in [2.05, 4.69) is 5.32 Å².